The Hall–Kier alpha value is -0.570. The molecule has 2 N–H and O–H groups in total. The van der Waals surface area contributed by atoms with Crippen LogP contribution in [0.15, 0.2) is 0 Å². The van der Waals surface area contributed by atoms with Crippen LogP contribution in [0.3, 0.4) is 0 Å². The molecular weight excluding hydrogens is 190 g/mol. The molecular formula is C12H21NO2. The van der Waals surface area contributed by atoms with E-state index in [1.54, 1.807) is 6.92 Å². The van der Waals surface area contributed by atoms with Crippen molar-refractivity contribution in [2.45, 2.75) is 57.5 Å². The second-order valence-electron chi connectivity index (χ2n) is 5.12. The SMILES string of the molecule is CC(NC1CCCCC1C1CC1)C(=O)O. The molecule has 0 radical (unpaired) electrons. The summed E-state index contributed by atoms with van der Waals surface area (Å²) in [5.74, 6) is 0.916. The van der Waals surface area contributed by atoms with E-state index in [2.05, 4.69) is 5.32 Å². The number of hydrogen-bond acceptors (Lipinski definition) is 2. The first-order chi connectivity index (χ1) is 7.18. The lowest BCUT2D eigenvalue weighted by Gasteiger charge is -2.33. The van der Waals surface area contributed by atoms with Gasteiger partial charge in [-0.05, 0) is 44.4 Å². The Morgan fingerprint density at radius 1 is 1.27 bits per heavy atom. The molecule has 0 spiro atoms. The van der Waals surface area contributed by atoms with Gasteiger partial charge < -0.3 is 10.4 Å². The summed E-state index contributed by atoms with van der Waals surface area (Å²) in [4.78, 5) is 10.8. The van der Waals surface area contributed by atoms with Gasteiger partial charge in [0.1, 0.15) is 6.04 Å². The van der Waals surface area contributed by atoms with Crippen LogP contribution in [0.4, 0.5) is 0 Å². The molecule has 0 heterocycles. The Balaban J connectivity index is 1.89. The van der Waals surface area contributed by atoms with Crippen molar-refractivity contribution in [2.75, 3.05) is 0 Å². The average molecular weight is 211 g/mol. The molecule has 3 nitrogen and oxygen atoms in total. The molecule has 0 aromatic carbocycles. The van der Waals surface area contributed by atoms with Crippen molar-refractivity contribution in [2.24, 2.45) is 11.8 Å². The van der Waals surface area contributed by atoms with E-state index in [1.165, 1.54) is 38.5 Å². The van der Waals surface area contributed by atoms with Crippen molar-refractivity contribution in [3.63, 3.8) is 0 Å². The summed E-state index contributed by atoms with van der Waals surface area (Å²) in [5, 5.41) is 12.2. The summed E-state index contributed by atoms with van der Waals surface area (Å²) in [6.45, 7) is 1.75. The van der Waals surface area contributed by atoms with E-state index in [1.807, 2.05) is 0 Å². The molecule has 2 aliphatic carbocycles. The quantitative estimate of drug-likeness (QED) is 0.748. The lowest BCUT2D eigenvalue weighted by atomic mass is 9.81. The molecule has 0 saturated heterocycles. The maximum Gasteiger partial charge on any atom is 0.320 e. The molecule has 2 rings (SSSR count). The van der Waals surface area contributed by atoms with E-state index in [4.69, 9.17) is 5.11 Å². The summed E-state index contributed by atoms with van der Waals surface area (Å²) < 4.78 is 0. The molecule has 0 aliphatic heterocycles. The van der Waals surface area contributed by atoms with E-state index in [0.717, 1.165) is 11.8 Å². The van der Waals surface area contributed by atoms with Crippen molar-refractivity contribution in [1.29, 1.82) is 0 Å². The largest absolute Gasteiger partial charge is 0.480 e. The summed E-state index contributed by atoms with van der Waals surface area (Å²) in [7, 11) is 0. The predicted octanol–water partition coefficient (Wildman–Crippen LogP) is 2.02. The van der Waals surface area contributed by atoms with Crippen LogP contribution in [-0.4, -0.2) is 23.2 Å². The standard InChI is InChI=1S/C12H21NO2/c1-8(12(14)15)13-11-5-3-2-4-10(11)9-6-7-9/h8-11,13H,2-7H2,1H3,(H,14,15). The minimum absolute atomic E-state index is 0.394. The third-order valence-electron chi connectivity index (χ3n) is 3.88. The molecule has 0 aromatic heterocycles. The minimum Gasteiger partial charge on any atom is -0.480 e. The molecule has 3 unspecified atom stereocenters. The zero-order chi connectivity index (χ0) is 10.8. The Labute approximate surface area is 91.2 Å². The molecule has 15 heavy (non-hydrogen) atoms. The van der Waals surface area contributed by atoms with Gasteiger partial charge in [-0.1, -0.05) is 12.8 Å². The van der Waals surface area contributed by atoms with Crippen molar-refractivity contribution >= 4 is 5.97 Å². The monoisotopic (exact) mass is 211 g/mol. The lowest BCUT2D eigenvalue weighted by molar-refractivity contribution is -0.139. The highest BCUT2D eigenvalue weighted by atomic mass is 16.4. The highest BCUT2D eigenvalue weighted by molar-refractivity contribution is 5.72. The molecule has 2 aliphatic rings. The zero-order valence-corrected chi connectivity index (χ0v) is 9.41. The number of carboxylic acids is 1. The van der Waals surface area contributed by atoms with E-state index in [0.29, 0.717) is 6.04 Å². The van der Waals surface area contributed by atoms with E-state index in [-0.39, 0.29) is 0 Å². The van der Waals surface area contributed by atoms with Crippen LogP contribution < -0.4 is 5.32 Å². The van der Waals surface area contributed by atoms with Crippen molar-refractivity contribution in [3.8, 4) is 0 Å². The number of carboxylic acid groups (broad SMARTS) is 1. The first-order valence-corrected chi connectivity index (χ1v) is 6.17. The van der Waals surface area contributed by atoms with E-state index >= 15 is 0 Å². The van der Waals surface area contributed by atoms with Gasteiger partial charge in [0.2, 0.25) is 0 Å². The topological polar surface area (TPSA) is 49.3 Å². The molecule has 2 saturated carbocycles. The Bertz CT molecular complexity index is 238. The smallest absolute Gasteiger partial charge is 0.320 e. The van der Waals surface area contributed by atoms with Gasteiger partial charge in [0.15, 0.2) is 0 Å². The van der Waals surface area contributed by atoms with Crippen LogP contribution >= 0.6 is 0 Å². The molecule has 0 amide bonds. The van der Waals surface area contributed by atoms with Crippen molar-refractivity contribution < 1.29 is 9.90 Å². The Morgan fingerprint density at radius 3 is 2.53 bits per heavy atom. The van der Waals surface area contributed by atoms with Crippen LogP contribution in [0.5, 0.6) is 0 Å². The van der Waals surface area contributed by atoms with Crippen molar-refractivity contribution in [3.05, 3.63) is 0 Å². The van der Waals surface area contributed by atoms with Gasteiger partial charge >= 0.3 is 5.97 Å². The molecule has 3 heteroatoms. The van der Waals surface area contributed by atoms with Gasteiger partial charge in [-0.3, -0.25) is 4.79 Å². The van der Waals surface area contributed by atoms with Crippen LogP contribution in [0, 0.1) is 11.8 Å². The van der Waals surface area contributed by atoms with E-state index in [9.17, 15) is 4.79 Å². The predicted molar refractivity (Wildman–Crippen MR) is 58.7 cm³/mol. The molecule has 86 valence electrons. The molecule has 0 aromatic rings. The molecule has 0 bridgehead atoms. The second kappa shape index (κ2) is 4.52. The number of aliphatic carboxylic acids is 1. The first kappa shape index (κ1) is 10.9. The Kier molecular flexibility index (Phi) is 3.29. The van der Waals surface area contributed by atoms with Crippen LogP contribution in [0.2, 0.25) is 0 Å². The maximum absolute atomic E-state index is 10.8. The first-order valence-electron chi connectivity index (χ1n) is 6.17. The number of hydrogen-bond donors (Lipinski definition) is 2. The highest BCUT2D eigenvalue weighted by Gasteiger charge is 2.38. The van der Waals surface area contributed by atoms with Crippen LogP contribution in [0.1, 0.15) is 45.4 Å². The number of rotatable bonds is 4. The van der Waals surface area contributed by atoms with Crippen molar-refractivity contribution in [1.82, 2.24) is 5.32 Å². The number of nitrogens with one attached hydrogen (secondary N) is 1. The van der Waals surface area contributed by atoms with Gasteiger partial charge in [0.25, 0.3) is 0 Å². The normalized spacial score (nSPS) is 33.7. The van der Waals surface area contributed by atoms with Gasteiger partial charge in [-0.2, -0.15) is 0 Å². The fourth-order valence-electron chi connectivity index (χ4n) is 2.85. The summed E-state index contributed by atoms with van der Waals surface area (Å²) in [6.07, 6.45) is 7.79. The van der Waals surface area contributed by atoms with Crippen LogP contribution in [0.25, 0.3) is 0 Å². The summed E-state index contributed by atoms with van der Waals surface area (Å²) in [5.41, 5.74) is 0. The zero-order valence-electron chi connectivity index (χ0n) is 9.41. The van der Waals surface area contributed by atoms with Gasteiger partial charge in [0.05, 0.1) is 0 Å². The molecule has 3 atom stereocenters. The summed E-state index contributed by atoms with van der Waals surface area (Å²) in [6, 6.07) is 0.0618. The maximum atomic E-state index is 10.8. The third-order valence-corrected chi connectivity index (χ3v) is 3.88. The fraction of sp³-hybridized carbons (Fsp3) is 0.917. The van der Waals surface area contributed by atoms with Gasteiger partial charge in [-0.25, -0.2) is 0 Å². The number of carbonyl (C=O) groups is 1. The summed E-state index contributed by atoms with van der Waals surface area (Å²) >= 11 is 0. The molecule has 2 fully saturated rings. The van der Waals surface area contributed by atoms with Crippen LogP contribution in [-0.2, 0) is 4.79 Å². The Morgan fingerprint density at radius 2 is 1.93 bits per heavy atom. The highest BCUT2D eigenvalue weighted by Crippen LogP contribution is 2.44. The second-order valence-corrected chi connectivity index (χ2v) is 5.12. The average Bonchev–Trinajstić information content (AvgIpc) is 3.02. The van der Waals surface area contributed by atoms with Gasteiger partial charge in [-0.15, -0.1) is 0 Å². The van der Waals surface area contributed by atoms with E-state index < -0.39 is 12.0 Å². The minimum atomic E-state index is -0.727. The fourth-order valence-corrected chi connectivity index (χ4v) is 2.85. The third kappa shape index (κ3) is 2.71. The lowest BCUT2D eigenvalue weighted by Crippen LogP contribution is -2.47. The van der Waals surface area contributed by atoms with Gasteiger partial charge in [0, 0.05) is 6.04 Å².